The number of carboxylic acids is 1. The Balaban J connectivity index is 1.62. The minimum atomic E-state index is -0.941. The second-order valence-corrected chi connectivity index (χ2v) is 9.49. The summed E-state index contributed by atoms with van der Waals surface area (Å²) in [7, 11) is 3.21. The van der Waals surface area contributed by atoms with E-state index in [9.17, 15) is 14.0 Å². The fourth-order valence-corrected chi connectivity index (χ4v) is 5.02. The molecule has 1 aromatic heterocycles. The fourth-order valence-electron chi connectivity index (χ4n) is 5.02. The third kappa shape index (κ3) is 5.87. The van der Waals surface area contributed by atoms with Crippen molar-refractivity contribution >= 4 is 28.5 Å². The molecule has 1 saturated carbocycles. The lowest BCUT2D eigenvalue weighted by Gasteiger charge is -2.31. The monoisotopic (exact) mass is 496 g/mol. The maximum absolute atomic E-state index is 14.1. The molecule has 1 aliphatic carbocycles. The fraction of sp³-hybridized carbons (Fsp3) is 0.429. The number of hydrogen-bond acceptors (Lipinski definition) is 5. The van der Waals surface area contributed by atoms with E-state index < -0.39 is 5.97 Å². The van der Waals surface area contributed by atoms with Crippen LogP contribution in [0.15, 0.2) is 46.9 Å². The lowest BCUT2D eigenvalue weighted by molar-refractivity contribution is -0.137. The van der Waals surface area contributed by atoms with Crippen LogP contribution >= 0.6 is 0 Å². The van der Waals surface area contributed by atoms with E-state index in [1.54, 1.807) is 32.4 Å². The number of fused-ring (bicyclic) bond motifs is 1. The van der Waals surface area contributed by atoms with Crippen LogP contribution in [0, 0.1) is 11.7 Å². The van der Waals surface area contributed by atoms with Crippen LogP contribution in [-0.4, -0.2) is 42.6 Å². The zero-order chi connectivity index (χ0) is 25.7. The number of anilines is 1. The van der Waals surface area contributed by atoms with Gasteiger partial charge in [0.25, 0.3) is 5.91 Å². The molecule has 1 aliphatic rings. The van der Waals surface area contributed by atoms with E-state index in [0.717, 1.165) is 48.1 Å². The normalized spacial score (nSPS) is 15.1. The van der Waals surface area contributed by atoms with Gasteiger partial charge in [0.05, 0.1) is 19.1 Å². The molecule has 1 heterocycles. The predicted octanol–water partition coefficient (Wildman–Crippen LogP) is 6.00. The number of methoxy groups -OCH3 is 1. The quantitative estimate of drug-likeness (QED) is 0.358. The van der Waals surface area contributed by atoms with E-state index in [-0.39, 0.29) is 30.7 Å². The molecule has 0 radical (unpaired) electrons. The summed E-state index contributed by atoms with van der Waals surface area (Å²) >= 11 is 0. The van der Waals surface area contributed by atoms with E-state index in [1.807, 2.05) is 12.1 Å². The van der Waals surface area contributed by atoms with Crippen LogP contribution in [-0.2, 0) is 16.1 Å². The molecule has 4 rings (SSSR count). The molecule has 1 atom stereocenters. The minimum absolute atomic E-state index is 0.101. The molecule has 3 aromatic rings. The van der Waals surface area contributed by atoms with Gasteiger partial charge in [0.1, 0.15) is 17.2 Å². The van der Waals surface area contributed by atoms with Crippen LogP contribution in [0.2, 0.25) is 0 Å². The highest BCUT2D eigenvalue weighted by molar-refractivity contribution is 5.94. The van der Waals surface area contributed by atoms with Gasteiger partial charge in [-0.1, -0.05) is 19.3 Å². The van der Waals surface area contributed by atoms with Crippen LogP contribution < -0.4 is 5.32 Å². The molecule has 2 N–H and O–H groups in total. The highest BCUT2D eigenvalue weighted by Crippen LogP contribution is 2.41. The Labute approximate surface area is 210 Å². The van der Waals surface area contributed by atoms with Gasteiger partial charge in [0.2, 0.25) is 0 Å². The Kier molecular flexibility index (Phi) is 8.25. The Morgan fingerprint density at radius 3 is 2.56 bits per heavy atom. The van der Waals surface area contributed by atoms with Gasteiger partial charge in [-0.25, -0.2) is 4.39 Å². The lowest BCUT2D eigenvalue weighted by atomic mass is 9.82. The van der Waals surface area contributed by atoms with Crippen LogP contribution in [0.25, 0.3) is 11.0 Å². The van der Waals surface area contributed by atoms with Gasteiger partial charge in [0.15, 0.2) is 0 Å². The van der Waals surface area contributed by atoms with Gasteiger partial charge in [-0.05, 0) is 61.2 Å². The van der Waals surface area contributed by atoms with Gasteiger partial charge < -0.3 is 24.5 Å². The van der Waals surface area contributed by atoms with E-state index in [4.69, 9.17) is 14.3 Å². The van der Waals surface area contributed by atoms with Crippen molar-refractivity contribution in [2.45, 2.75) is 51.2 Å². The molecule has 7 nitrogen and oxygen atoms in total. The average molecular weight is 497 g/mol. The van der Waals surface area contributed by atoms with Gasteiger partial charge >= 0.3 is 5.97 Å². The number of furan rings is 1. The number of nitrogens with one attached hydrogen (secondary N) is 1. The number of rotatable bonds is 10. The third-order valence-corrected chi connectivity index (χ3v) is 6.94. The van der Waals surface area contributed by atoms with Crippen molar-refractivity contribution in [3.63, 3.8) is 0 Å². The number of nitrogens with zero attached hydrogens (tertiary/aromatic N) is 1. The highest BCUT2D eigenvalue weighted by Gasteiger charge is 2.31. The van der Waals surface area contributed by atoms with Crippen molar-refractivity contribution in [3.05, 3.63) is 65.2 Å². The van der Waals surface area contributed by atoms with E-state index in [2.05, 4.69) is 5.32 Å². The van der Waals surface area contributed by atoms with Crippen LogP contribution in [0.4, 0.5) is 10.1 Å². The van der Waals surface area contributed by atoms with Gasteiger partial charge in [-0.2, -0.15) is 0 Å². The summed E-state index contributed by atoms with van der Waals surface area (Å²) in [5, 5.41) is 13.2. The minimum Gasteiger partial charge on any atom is -0.481 e. The van der Waals surface area contributed by atoms with Crippen molar-refractivity contribution in [1.29, 1.82) is 0 Å². The molecule has 0 saturated heterocycles. The van der Waals surface area contributed by atoms with Crippen molar-refractivity contribution in [3.8, 4) is 0 Å². The number of amides is 1. The molecule has 1 fully saturated rings. The number of halogens is 1. The molecular formula is C28H33FN2O5. The Morgan fingerprint density at radius 2 is 1.89 bits per heavy atom. The first-order valence-electron chi connectivity index (χ1n) is 12.4. The number of carbonyl (C=O) groups is 2. The van der Waals surface area contributed by atoms with Crippen molar-refractivity contribution in [1.82, 2.24) is 4.90 Å². The van der Waals surface area contributed by atoms with Crippen molar-refractivity contribution in [2.75, 3.05) is 26.0 Å². The Bertz CT molecular complexity index is 1200. The first-order valence-corrected chi connectivity index (χ1v) is 12.4. The zero-order valence-electron chi connectivity index (χ0n) is 20.8. The van der Waals surface area contributed by atoms with Gasteiger partial charge in [-0.3, -0.25) is 9.59 Å². The van der Waals surface area contributed by atoms with E-state index in [1.165, 1.54) is 23.5 Å². The number of carboxylic acid groups (broad SMARTS) is 1. The summed E-state index contributed by atoms with van der Waals surface area (Å²) in [4.78, 5) is 24.9. The highest BCUT2D eigenvalue weighted by atomic mass is 19.1. The number of carbonyl (C=O) groups excluding carboxylic acids is 1. The molecule has 0 spiro atoms. The molecule has 2 aromatic carbocycles. The Hall–Kier alpha value is -3.39. The first kappa shape index (κ1) is 25.7. The molecule has 8 heteroatoms. The van der Waals surface area contributed by atoms with Crippen molar-refractivity contribution in [2.24, 2.45) is 5.92 Å². The SMILES string of the molecule is COCc1c(C(Nc2ccc(C(=O)N(C)CCC(=O)O)cc2)C2CCCCC2)oc2ccc(F)cc12. The maximum Gasteiger partial charge on any atom is 0.305 e. The zero-order valence-corrected chi connectivity index (χ0v) is 20.8. The van der Waals surface area contributed by atoms with E-state index >= 15 is 0 Å². The second-order valence-electron chi connectivity index (χ2n) is 9.49. The molecular weight excluding hydrogens is 463 g/mol. The third-order valence-electron chi connectivity index (χ3n) is 6.94. The average Bonchev–Trinajstić information content (AvgIpc) is 3.23. The summed E-state index contributed by atoms with van der Waals surface area (Å²) < 4.78 is 25.8. The summed E-state index contributed by atoms with van der Waals surface area (Å²) in [6, 6.07) is 11.6. The van der Waals surface area contributed by atoms with Crippen molar-refractivity contribution < 1.29 is 28.2 Å². The van der Waals surface area contributed by atoms with Gasteiger partial charge in [0, 0.05) is 42.9 Å². The summed E-state index contributed by atoms with van der Waals surface area (Å²) in [6.07, 6.45) is 5.52. The molecule has 0 bridgehead atoms. The Morgan fingerprint density at radius 1 is 1.17 bits per heavy atom. The number of benzene rings is 2. The molecule has 192 valence electrons. The van der Waals surface area contributed by atoms with Crippen LogP contribution in [0.1, 0.15) is 66.2 Å². The van der Waals surface area contributed by atoms with Crippen LogP contribution in [0.5, 0.6) is 0 Å². The summed E-state index contributed by atoms with van der Waals surface area (Å²) in [5.74, 6) is -0.387. The van der Waals surface area contributed by atoms with Crippen LogP contribution in [0.3, 0.4) is 0 Å². The molecule has 36 heavy (non-hydrogen) atoms. The second kappa shape index (κ2) is 11.6. The standard InChI is InChI=1S/C28H33FN2O5/c1-31(15-14-25(32)33)28(34)19-8-11-21(12-9-19)30-26(18-6-4-3-5-7-18)27-23(17-35-2)22-16-20(29)10-13-24(22)36-27/h8-13,16,18,26,30H,3-7,14-15,17H2,1-2H3,(H,32,33). The summed E-state index contributed by atoms with van der Waals surface area (Å²) in [5.41, 5.74) is 2.81. The first-order chi connectivity index (χ1) is 17.4. The maximum atomic E-state index is 14.1. The molecule has 1 unspecified atom stereocenters. The number of aliphatic carboxylic acids is 1. The largest absolute Gasteiger partial charge is 0.481 e. The topological polar surface area (TPSA) is 92.0 Å². The predicted molar refractivity (Wildman–Crippen MR) is 135 cm³/mol. The summed E-state index contributed by atoms with van der Waals surface area (Å²) in [6.45, 7) is 0.458. The lowest BCUT2D eigenvalue weighted by Crippen LogP contribution is -2.29. The molecule has 0 aliphatic heterocycles. The van der Waals surface area contributed by atoms with E-state index in [0.29, 0.717) is 23.7 Å². The van der Waals surface area contributed by atoms with Gasteiger partial charge in [-0.15, -0.1) is 0 Å². The number of ether oxygens (including phenoxy) is 1. The number of hydrogen-bond donors (Lipinski definition) is 2. The smallest absolute Gasteiger partial charge is 0.305 e. The molecule has 1 amide bonds.